The van der Waals surface area contributed by atoms with E-state index in [2.05, 4.69) is 21.2 Å². The smallest absolute Gasteiger partial charge is 0.251 e. The number of halogens is 2. The van der Waals surface area contributed by atoms with Crippen molar-refractivity contribution in [2.45, 2.75) is 50.9 Å². The Morgan fingerprint density at radius 1 is 0.967 bits per heavy atom. The van der Waals surface area contributed by atoms with Crippen LogP contribution in [0.2, 0.25) is 0 Å². The first-order valence-electron chi connectivity index (χ1n) is 11.8. The molecule has 0 aromatic carbocycles. The largest absolute Gasteiger partial charge is 0.381 e. The summed E-state index contributed by atoms with van der Waals surface area (Å²) in [6.45, 7) is 6.39. The number of nitrogens with zero attached hydrogens (tertiary/aromatic N) is 4. The van der Waals surface area contributed by atoms with Crippen molar-refractivity contribution in [2.24, 2.45) is 23.7 Å². The maximum absolute atomic E-state index is 13.4. The van der Waals surface area contributed by atoms with E-state index < -0.39 is 5.92 Å². The zero-order chi connectivity index (χ0) is 20.6. The fourth-order valence-corrected chi connectivity index (χ4v) is 6.12. The molecule has 1 aromatic heterocycles. The quantitative estimate of drug-likeness (QED) is 0.728. The van der Waals surface area contributed by atoms with Crippen molar-refractivity contribution in [1.29, 1.82) is 0 Å². The zero-order valence-corrected chi connectivity index (χ0v) is 17.8. The fraction of sp³-hybridized carbons (Fsp3) is 0.826. The van der Waals surface area contributed by atoms with Gasteiger partial charge in [0, 0.05) is 58.8 Å². The van der Waals surface area contributed by atoms with Gasteiger partial charge in [0.05, 0.1) is 5.69 Å². The standard InChI is InChI=1S/C23H34F2N4O/c24-23(25)5-7-29(8-6-23)22-2-1-21(26-27-22)13-18-11-19-15-28(16-20(19)12-18)14-17-3-9-30-10-4-17/h1-2,17-20H,3-16H2/t18?,19-,20+. The molecule has 4 fully saturated rings. The maximum atomic E-state index is 13.4. The van der Waals surface area contributed by atoms with Gasteiger partial charge in [-0.25, -0.2) is 8.78 Å². The van der Waals surface area contributed by atoms with E-state index >= 15 is 0 Å². The summed E-state index contributed by atoms with van der Waals surface area (Å²) in [5.41, 5.74) is 1.05. The second-order valence-electron chi connectivity index (χ2n) is 10.1. The van der Waals surface area contributed by atoms with Crippen molar-refractivity contribution in [3.8, 4) is 0 Å². The highest BCUT2D eigenvalue weighted by Crippen LogP contribution is 2.43. The van der Waals surface area contributed by atoms with Crippen LogP contribution in [0.1, 0.15) is 44.2 Å². The number of piperidine rings is 1. The molecule has 4 heterocycles. The molecule has 1 aliphatic carbocycles. The molecule has 3 saturated heterocycles. The average Bonchev–Trinajstić information content (AvgIpc) is 3.27. The zero-order valence-electron chi connectivity index (χ0n) is 17.8. The minimum atomic E-state index is -2.52. The molecule has 5 nitrogen and oxygen atoms in total. The van der Waals surface area contributed by atoms with E-state index in [-0.39, 0.29) is 12.8 Å². The Hall–Kier alpha value is -1.34. The normalized spacial score (nSPS) is 32.5. The third-order valence-corrected chi connectivity index (χ3v) is 7.80. The van der Waals surface area contributed by atoms with Crippen LogP contribution in [-0.4, -0.2) is 67.0 Å². The number of aromatic nitrogens is 2. The van der Waals surface area contributed by atoms with Gasteiger partial charge < -0.3 is 14.5 Å². The van der Waals surface area contributed by atoms with Crippen LogP contribution in [-0.2, 0) is 11.2 Å². The summed E-state index contributed by atoms with van der Waals surface area (Å²) in [7, 11) is 0. The summed E-state index contributed by atoms with van der Waals surface area (Å²) in [4.78, 5) is 4.64. The number of fused-ring (bicyclic) bond motifs is 1. The lowest BCUT2D eigenvalue weighted by Crippen LogP contribution is -2.39. The number of ether oxygens (including phenoxy) is 1. The van der Waals surface area contributed by atoms with E-state index in [1.807, 2.05) is 11.0 Å². The van der Waals surface area contributed by atoms with Gasteiger partial charge in [0.25, 0.3) is 5.92 Å². The van der Waals surface area contributed by atoms with E-state index in [1.165, 1.54) is 45.3 Å². The molecule has 0 radical (unpaired) electrons. The van der Waals surface area contributed by atoms with Crippen molar-refractivity contribution in [3.05, 3.63) is 17.8 Å². The Labute approximate surface area is 178 Å². The fourth-order valence-electron chi connectivity index (χ4n) is 6.12. The minimum Gasteiger partial charge on any atom is -0.381 e. The molecule has 0 amide bonds. The lowest BCUT2D eigenvalue weighted by molar-refractivity contribution is -0.0221. The Kier molecular flexibility index (Phi) is 5.93. The first kappa shape index (κ1) is 20.6. The third-order valence-electron chi connectivity index (χ3n) is 7.80. The predicted octanol–water partition coefficient (Wildman–Crippen LogP) is 3.64. The molecule has 3 aliphatic heterocycles. The van der Waals surface area contributed by atoms with Crippen molar-refractivity contribution in [1.82, 2.24) is 15.1 Å². The van der Waals surface area contributed by atoms with Crippen LogP contribution in [0, 0.1) is 23.7 Å². The summed E-state index contributed by atoms with van der Waals surface area (Å²) in [5, 5.41) is 8.79. The first-order chi connectivity index (χ1) is 14.5. The molecular formula is C23H34F2N4O. The van der Waals surface area contributed by atoms with Crippen molar-refractivity contribution in [3.63, 3.8) is 0 Å². The van der Waals surface area contributed by atoms with Gasteiger partial charge in [-0.3, -0.25) is 0 Å². The van der Waals surface area contributed by atoms with E-state index in [0.29, 0.717) is 19.0 Å². The Balaban J connectivity index is 1.08. The summed E-state index contributed by atoms with van der Waals surface area (Å²) in [5.74, 6) is 1.44. The van der Waals surface area contributed by atoms with Gasteiger partial charge >= 0.3 is 0 Å². The molecule has 0 N–H and O–H groups in total. The number of anilines is 1. The van der Waals surface area contributed by atoms with E-state index in [0.717, 1.165) is 48.9 Å². The SMILES string of the molecule is FC1(F)CCN(c2ccc(CC3C[C@@H]4CN(CC5CCOCC5)C[C@@H]4C3)nn2)CC1. The lowest BCUT2D eigenvalue weighted by Gasteiger charge is -2.32. The Morgan fingerprint density at radius 2 is 1.67 bits per heavy atom. The number of hydrogen-bond donors (Lipinski definition) is 0. The van der Waals surface area contributed by atoms with E-state index in [9.17, 15) is 8.78 Å². The summed E-state index contributed by atoms with van der Waals surface area (Å²) in [6, 6.07) is 4.03. The van der Waals surface area contributed by atoms with Crippen LogP contribution in [0.25, 0.3) is 0 Å². The second kappa shape index (κ2) is 8.65. The second-order valence-corrected chi connectivity index (χ2v) is 10.1. The van der Waals surface area contributed by atoms with Crippen molar-refractivity contribution < 1.29 is 13.5 Å². The molecule has 166 valence electrons. The molecule has 4 aliphatic rings. The minimum absolute atomic E-state index is 0.0905. The van der Waals surface area contributed by atoms with Gasteiger partial charge in [-0.05, 0) is 67.9 Å². The Morgan fingerprint density at radius 3 is 2.30 bits per heavy atom. The summed E-state index contributed by atoms with van der Waals surface area (Å²) in [6.07, 6.45) is 5.88. The molecule has 1 unspecified atom stereocenters. The molecule has 5 rings (SSSR count). The van der Waals surface area contributed by atoms with Crippen molar-refractivity contribution >= 4 is 5.82 Å². The molecular weight excluding hydrogens is 386 g/mol. The summed E-state index contributed by atoms with van der Waals surface area (Å²) < 4.78 is 32.2. The third kappa shape index (κ3) is 4.77. The van der Waals surface area contributed by atoms with Crippen LogP contribution in [0.5, 0.6) is 0 Å². The number of hydrogen-bond acceptors (Lipinski definition) is 5. The average molecular weight is 421 g/mol. The highest BCUT2D eigenvalue weighted by atomic mass is 19.3. The van der Waals surface area contributed by atoms with Gasteiger partial charge in [-0.1, -0.05) is 0 Å². The van der Waals surface area contributed by atoms with Gasteiger partial charge in [0.1, 0.15) is 0 Å². The van der Waals surface area contributed by atoms with Gasteiger partial charge in [-0.2, -0.15) is 5.10 Å². The predicted molar refractivity (Wildman–Crippen MR) is 112 cm³/mol. The van der Waals surface area contributed by atoms with Crippen LogP contribution in [0.15, 0.2) is 12.1 Å². The van der Waals surface area contributed by atoms with Crippen LogP contribution in [0.4, 0.5) is 14.6 Å². The maximum Gasteiger partial charge on any atom is 0.251 e. The topological polar surface area (TPSA) is 41.5 Å². The molecule has 7 heteroatoms. The molecule has 3 atom stereocenters. The molecule has 1 saturated carbocycles. The highest BCUT2D eigenvalue weighted by Gasteiger charge is 2.41. The van der Waals surface area contributed by atoms with Gasteiger partial charge in [0.2, 0.25) is 0 Å². The van der Waals surface area contributed by atoms with Crippen molar-refractivity contribution in [2.75, 3.05) is 50.8 Å². The van der Waals surface area contributed by atoms with Crippen LogP contribution < -0.4 is 4.90 Å². The van der Waals surface area contributed by atoms with E-state index in [4.69, 9.17) is 4.74 Å². The molecule has 0 bridgehead atoms. The molecule has 1 aromatic rings. The summed E-state index contributed by atoms with van der Waals surface area (Å²) >= 11 is 0. The monoisotopic (exact) mass is 420 g/mol. The van der Waals surface area contributed by atoms with Crippen LogP contribution >= 0.6 is 0 Å². The van der Waals surface area contributed by atoms with Gasteiger partial charge in [-0.15, -0.1) is 5.10 Å². The number of alkyl halides is 2. The molecule has 30 heavy (non-hydrogen) atoms. The molecule has 0 spiro atoms. The van der Waals surface area contributed by atoms with Gasteiger partial charge in [0.15, 0.2) is 5.82 Å². The lowest BCUT2D eigenvalue weighted by atomic mass is 9.98. The van der Waals surface area contributed by atoms with E-state index in [1.54, 1.807) is 0 Å². The number of rotatable bonds is 5. The highest BCUT2D eigenvalue weighted by molar-refractivity contribution is 5.38. The number of likely N-dealkylation sites (tertiary alicyclic amines) is 1. The first-order valence-corrected chi connectivity index (χ1v) is 11.8. The Bertz CT molecular complexity index is 686. The van der Waals surface area contributed by atoms with Crippen LogP contribution in [0.3, 0.4) is 0 Å².